The van der Waals surface area contributed by atoms with E-state index in [9.17, 15) is 0 Å². The molecule has 1 saturated heterocycles. The fourth-order valence-corrected chi connectivity index (χ4v) is 3.27. The zero-order chi connectivity index (χ0) is 17.0. The van der Waals surface area contributed by atoms with Gasteiger partial charge in [-0.15, -0.1) is 0 Å². The Morgan fingerprint density at radius 1 is 1.17 bits per heavy atom. The van der Waals surface area contributed by atoms with Gasteiger partial charge in [-0.2, -0.15) is 0 Å². The maximum Gasteiger partial charge on any atom is 0.129 e. The molecule has 2 aromatic rings. The molecule has 128 valence electrons. The molecular weight excluding hydrogens is 296 g/mol. The summed E-state index contributed by atoms with van der Waals surface area (Å²) in [5, 5.41) is 3.53. The van der Waals surface area contributed by atoms with Crippen LogP contribution in [0, 0.1) is 0 Å². The van der Waals surface area contributed by atoms with Crippen LogP contribution in [-0.4, -0.2) is 34.0 Å². The highest BCUT2D eigenvalue weighted by Crippen LogP contribution is 2.23. The van der Waals surface area contributed by atoms with E-state index in [-0.39, 0.29) is 5.41 Å². The number of nitrogens with zero attached hydrogens (tertiary/aromatic N) is 3. The molecule has 24 heavy (non-hydrogen) atoms. The lowest BCUT2D eigenvalue weighted by Gasteiger charge is -2.33. The van der Waals surface area contributed by atoms with Crippen LogP contribution < -0.4 is 5.32 Å². The Morgan fingerprint density at radius 2 is 1.96 bits per heavy atom. The van der Waals surface area contributed by atoms with Gasteiger partial charge < -0.3 is 5.32 Å². The molecule has 1 atom stereocenters. The van der Waals surface area contributed by atoms with Crippen LogP contribution in [0.2, 0.25) is 0 Å². The van der Waals surface area contributed by atoms with Crippen LogP contribution in [0.25, 0.3) is 0 Å². The molecule has 0 bridgehead atoms. The van der Waals surface area contributed by atoms with E-state index in [2.05, 4.69) is 65.2 Å². The second-order valence-corrected chi connectivity index (χ2v) is 7.76. The predicted octanol–water partition coefficient (Wildman–Crippen LogP) is 3.85. The molecule has 0 amide bonds. The topological polar surface area (TPSA) is 41.0 Å². The largest absolute Gasteiger partial charge is 0.366 e. The SMILES string of the molecule is CC(C)(C)c1ccc(CN2CCCC(Nc3ccncn3)C2)cc1. The fraction of sp³-hybridized carbons (Fsp3) is 0.500. The first-order valence-electron chi connectivity index (χ1n) is 8.85. The van der Waals surface area contributed by atoms with Crippen molar-refractivity contribution in [2.24, 2.45) is 0 Å². The molecule has 1 N–H and O–H groups in total. The number of benzene rings is 1. The molecule has 0 spiro atoms. The van der Waals surface area contributed by atoms with Crippen molar-refractivity contribution in [3.63, 3.8) is 0 Å². The van der Waals surface area contributed by atoms with Crippen LogP contribution in [0.4, 0.5) is 5.82 Å². The molecule has 1 aromatic carbocycles. The van der Waals surface area contributed by atoms with Crippen LogP contribution in [-0.2, 0) is 12.0 Å². The van der Waals surface area contributed by atoms with Crippen molar-refractivity contribution in [2.75, 3.05) is 18.4 Å². The van der Waals surface area contributed by atoms with Gasteiger partial charge in [0.2, 0.25) is 0 Å². The number of anilines is 1. The van der Waals surface area contributed by atoms with E-state index in [0.29, 0.717) is 6.04 Å². The lowest BCUT2D eigenvalue weighted by Crippen LogP contribution is -2.41. The van der Waals surface area contributed by atoms with E-state index in [4.69, 9.17) is 0 Å². The molecule has 0 radical (unpaired) electrons. The van der Waals surface area contributed by atoms with Crippen LogP contribution in [0.1, 0.15) is 44.7 Å². The van der Waals surface area contributed by atoms with Gasteiger partial charge in [-0.3, -0.25) is 4.90 Å². The molecule has 3 rings (SSSR count). The smallest absolute Gasteiger partial charge is 0.129 e. The van der Waals surface area contributed by atoms with Gasteiger partial charge in [-0.25, -0.2) is 9.97 Å². The Morgan fingerprint density at radius 3 is 2.62 bits per heavy atom. The van der Waals surface area contributed by atoms with E-state index in [1.807, 2.05) is 6.07 Å². The van der Waals surface area contributed by atoms with E-state index < -0.39 is 0 Å². The number of rotatable bonds is 4. The Hall–Kier alpha value is -1.94. The van der Waals surface area contributed by atoms with Crippen LogP contribution in [0.15, 0.2) is 42.9 Å². The van der Waals surface area contributed by atoms with Gasteiger partial charge in [0.1, 0.15) is 12.1 Å². The zero-order valence-corrected chi connectivity index (χ0v) is 15.0. The zero-order valence-electron chi connectivity index (χ0n) is 15.0. The molecule has 1 aliphatic heterocycles. The Bertz CT molecular complexity index is 631. The number of aromatic nitrogens is 2. The number of likely N-dealkylation sites (tertiary alicyclic amines) is 1. The third kappa shape index (κ3) is 4.54. The quantitative estimate of drug-likeness (QED) is 0.927. The van der Waals surface area contributed by atoms with Gasteiger partial charge in [-0.05, 0) is 42.0 Å². The van der Waals surface area contributed by atoms with Gasteiger partial charge in [0.05, 0.1) is 0 Å². The lowest BCUT2D eigenvalue weighted by molar-refractivity contribution is 0.208. The average molecular weight is 324 g/mol. The standard InChI is InChI=1S/C20H28N4/c1-20(2,3)17-8-6-16(7-9-17)13-24-12-4-5-18(14-24)23-19-10-11-21-15-22-19/h6-11,15,18H,4-5,12-14H2,1-3H3,(H,21,22,23). The van der Waals surface area contributed by atoms with E-state index in [1.54, 1.807) is 12.5 Å². The summed E-state index contributed by atoms with van der Waals surface area (Å²) >= 11 is 0. The van der Waals surface area contributed by atoms with E-state index in [0.717, 1.165) is 18.9 Å². The van der Waals surface area contributed by atoms with Crippen molar-refractivity contribution in [3.05, 3.63) is 54.0 Å². The first-order valence-corrected chi connectivity index (χ1v) is 8.85. The molecule has 1 fully saturated rings. The molecule has 1 aliphatic rings. The third-order valence-corrected chi connectivity index (χ3v) is 4.67. The van der Waals surface area contributed by atoms with Crippen molar-refractivity contribution >= 4 is 5.82 Å². The minimum atomic E-state index is 0.218. The molecule has 1 aromatic heterocycles. The molecule has 0 aliphatic carbocycles. The van der Waals surface area contributed by atoms with Crippen LogP contribution in [0.5, 0.6) is 0 Å². The van der Waals surface area contributed by atoms with Crippen molar-refractivity contribution in [3.8, 4) is 0 Å². The molecule has 2 heterocycles. The summed E-state index contributed by atoms with van der Waals surface area (Å²) < 4.78 is 0. The molecule has 1 unspecified atom stereocenters. The highest BCUT2D eigenvalue weighted by atomic mass is 15.2. The van der Waals surface area contributed by atoms with Crippen molar-refractivity contribution in [2.45, 2.75) is 51.6 Å². The molecular formula is C20H28N4. The Labute approximate surface area is 145 Å². The van der Waals surface area contributed by atoms with Crippen molar-refractivity contribution in [1.82, 2.24) is 14.9 Å². The maximum absolute atomic E-state index is 4.27. The summed E-state index contributed by atoms with van der Waals surface area (Å²) in [6, 6.07) is 11.5. The third-order valence-electron chi connectivity index (χ3n) is 4.67. The van der Waals surface area contributed by atoms with E-state index >= 15 is 0 Å². The van der Waals surface area contributed by atoms with Crippen molar-refractivity contribution in [1.29, 1.82) is 0 Å². The Kier molecular flexibility index (Phi) is 5.14. The highest BCUT2D eigenvalue weighted by Gasteiger charge is 2.20. The van der Waals surface area contributed by atoms with Gasteiger partial charge in [0, 0.05) is 25.3 Å². The van der Waals surface area contributed by atoms with Crippen LogP contribution >= 0.6 is 0 Å². The summed E-state index contributed by atoms with van der Waals surface area (Å²) in [4.78, 5) is 10.8. The minimum absolute atomic E-state index is 0.218. The average Bonchev–Trinajstić information content (AvgIpc) is 2.56. The normalized spacial score (nSPS) is 19.2. The van der Waals surface area contributed by atoms with Gasteiger partial charge in [0.25, 0.3) is 0 Å². The molecule has 4 nitrogen and oxygen atoms in total. The predicted molar refractivity (Wildman–Crippen MR) is 99.1 cm³/mol. The molecule has 0 saturated carbocycles. The number of hydrogen-bond donors (Lipinski definition) is 1. The number of hydrogen-bond acceptors (Lipinski definition) is 4. The number of nitrogens with one attached hydrogen (secondary N) is 1. The van der Waals surface area contributed by atoms with Gasteiger partial charge in [-0.1, -0.05) is 45.0 Å². The van der Waals surface area contributed by atoms with Crippen molar-refractivity contribution < 1.29 is 0 Å². The summed E-state index contributed by atoms with van der Waals surface area (Å²) in [6.07, 6.45) is 5.80. The van der Waals surface area contributed by atoms with Gasteiger partial charge >= 0.3 is 0 Å². The summed E-state index contributed by atoms with van der Waals surface area (Å²) in [5.74, 6) is 0.923. The Balaban J connectivity index is 1.57. The second-order valence-electron chi connectivity index (χ2n) is 7.76. The highest BCUT2D eigenvalue weighted by molar-refractivity contribution is 5.33. The first-order chi connectivity index (χ1) is 11.5. The fourth-order valence-electron chi connectivity index (χ4n) is 3.27. The minimum Gasteiger partial charge on any atom is -0.366 e. The second kappa shape index (κ2) is 7.31. The maximum atomic E-state index is 4.27. The lowest BCUT2D eigenvalue weighted by atomic mass is 9.86. The monoisotopic (exact) mass is 324 g/mol. The molecule has 4 heteroatoms. The van der Waals surface area contributed by atoms with Crippen LogP contribution in [0.3, 0.4) is 0 Å². The summed E-state index contributed by atoms with van der Waals surface area (Å²) in [6.45, 7) is 10.0. The van der Waals surface area contributed by atoms with E-state index in [1.165, 1.54) is 30.5 Å². The first kappa shape index (κ1) is 16.9. The van der Waals surface area contributed by atoms with Gasteiger partial charge in [0.15, 0.2) is 0 Å². The number of piperidine rings is 1. The summed E-state index contributed by atoms with van der Waals surface area (Å²) in [7, 11) is 0. The summed E-state index contributed by atoms with van der Waals surface area (Å²) in [5.41, 5.74) is 3.01.